The average molecular weight is 379 g/mol. The third-order valence-corrected chi connectivity index (χ3v) is 4.91. The summed E-state index contributed by atoms with van der Waals surface area (Å²) in [5.41, 5.74) is -0.250. The Morgan fingerprint density at radius 2 is 1.90 bits per heavy atom. The van der Waals surface area contributed by atoms with E-state index >= 15 is 0 Å². The molecule has 0 spiro atoms. The molecule has 0 fully saturated rings. The van der Waals surface area contributed by atoms with E-state index in [1.165, 1.54) is 19.3 Å². The Labute approximate surface area is 127 Å². The Bertz CT molecular complexity index is 842. The Balaban J connectivity index is 2.48. The number of halogens is 3. The summed E-state index contributed by atoms with van der Waals surface area (Å²) in [6.07, 6.45) is 1.25. The number of rotatable bonds is 3. The molecule has 0 aliphatic carbocycles. The minimum atomic E-state index is -4.27. The van der Waals surface area contributed by atoms with Crippen LogP contribution in [0.15, 0.2) is 44.6 Å². The molecule has 21 heavy (non-hydrogen) atoms. The molecule has 0 amide bonds. The van der Waals surface area contributed by atoms with Crippen LogP contribution in [0.2, 0.25) is 0 Å². The first-order valence-corrected chi connectivity index (χ1v) is 7.82. The van der Waals surface area contributed by atoms with Crippen molar-refractivity contribution in [2.24, 2.45) is 7.05 Å². The first kappa shape index (κ1) is 15.6. The second-order valence-corrected chi connectivity index (χ2v) is 6.64. The van der Waals surface area contributed by atoms with Gasteiger partial charge in [-0.1, -0.05) is 0 Å². The number of aryl methyl sites for hydroxylation is 1. The number of nitrogens with one attached hydrogen (secondary N) is 1. The highest BCUT2D eigenvalue weighted by Crippen LogP contribution is 2.27. The molecular formula is C12H9BrF2N2O3S. The molecule has 1 aromatic carbocycles. The number of aromatic nitrogens is 1. The minimum Gasteiger partial charge on any atom is -0.316 e. The van der Waals surface area contributed by atoms with Crippen LogP contribution in [0, 0.1) is 11.6 Å². The lowest BCUT2D eigenvalue weighted by Crippen LogP contribution is -2.19. The SMILES string of the molecule is Cn1cc(NS(=O)(=O)c2c(F)cc(F)cc2Br)ccc1=O. The van der Waals surface area contributed by atoms with Crippen LogP contribution < -0.4 is 10.3 Å². The maximum atomic E-state index is 13.7. The molecule has 1 heterocycles. The van der Waals surface area contributed by atoms with Crippen LogP contribution in [0.3, 0.4) is 0 Å². The van der Waals surface area contributed by atoms with Crippen LogP contribution in [0.4, 0.5) is 14.5 Å². The monoisotopic (exact) mass is 378 g/mol. The molecule has 0 aliphatic rings. The smallest absolute Gasteiger partial charge is 0.266 e. The quantitative estimate of drug-likeness (QED) is 0.890. The fourth-order valence-electron chi connectivity index (χ4n) is 1.65. The number of anilines is 1. The van der Waals surface area contributed by atoms with Gasteiger partial charge in [-0.25, -0.2) is 17.2 Å². The maximum Gasteiger partial charge on any atom is 0.266 e. The third-order valence-electron chi connectivity index (χ3n) is 2.57. The molecule has 1 aromatic heterocycles. The predicted octanol–water partition coefficient (Wildman–Crippen LogP) is 2.23. The van der Waals surface area contributed by atoms with Gasteiger partial charge in [0.15, 0.2) is 0 Å². The molecule has 0 aliphatic heterocycles. The van der Waals surface area contributed by atoms with E-state index in [-0.39, 0.29) is 15.7 Å². The zero-order valence-corrected chi connectivity index (χ0v) is 13.0. The zero-order valence-electron chi connectivity index (χ0n) is 10.6. The summed E-state index contributed by atoms with van der Waals surface area (Å²) in [5, 5.41) is 0. The Morgan fingerprint density at radius 3 is 2.48 bits per heavy atom. The molecule has 1 N–H and O–H groups in total. The highest BCUT2D eigenvalue weighted by Gasteiger charge is 2.24. The summed E-state index contributed by atoms with van der Waals surface area (Å²) in [4.78, 5) is 10.5. The molecule has 2 aromatic rings. The van der Waals surface area contributed by atoms with E-state index in [1.807, 2.05) is 0 Å². The molecule has 2 rings (SSSR count). The summed E-state index contributed by atoms with van der Waals surface area (Å²) in [6.45, 7) is 0. The topological polar surface area (TPSA) is 68.2 Å². The van der Waals surface area contributed by atoms with E-state index in [4.69, 9.17) is 0 Å². The molecule has 112 valence electrons. The van der Waals surface area contributed by atoms with Crippen LogP contribution in [-0.2, 0) is 17.1 Å². The van der Waals surface area contributed by atoms with Gasteiger partial charge in [0.05, 0.1) is 5.69 Å². The second kappa shape index (κ2) is 5.57. The molecule has 0 atom stereocenters. The fraction of sp³-hybridized carbons (Fsp3) is 0.0833. The van der Waals surface area contributed by atoms with Gasteiger partial charge >= 0.3 is 0 Å². The van der Waals surface area contributed by atoms with Crippen LogP contribution in [0.5, 0.6) is 0 Å². The Kier molecular flexibility index (Phi) is 4.15. The van der Waals surface area contributed by atoms with Crippen molar-refractivity contribution < 1.29 is 17.2 Å². The number of hydrogen-bond donors (Lipinski definition) is 1. The number of nitrogens with zero attached hydrogens (tertiary/aromatic N) is 1. The first-order valence-electron chi connectivity index (χ1n) is 5.55. The Hall–Kier alpha value is -1.74. The van der Waals surface area contributed by atoms with Gasteiger partial charge in [-0.15, -0.1) is 0 Å². The van der Waals surface area contributed by atoms with Gasteiger partial charge in [0.2, 0.25) is 5.56 Å². The van der Waals surface area contributed by atoms with Gasteiger partial charge in [0.1, 0.15) is 16.5 Å². The second-order valence-electron chi connectivity index (χ2n) is 4.17. The minimum absolute atomic E-state index is 0.0766. The van der Waals surface area contributed by atoms with Crippen molar-refractivity contribution in [2.45, 2.75) is 4.90 Å². The summed E-state index contributed by atoms with van der Waals surface area (Å²) < 4.78 is 54.1. The van der Waals surface area contributed by atoms with E-state index in [9.17, 15) is 22.0 Å². The largest absolute Gasteiger partial charge is 0.316 e. The summed E-state index contributed by atoms with van der Waals surface area (Å²) in [7, 11) is -2.84. The van der Waals surface area contributed by atoms with Crippen LogP contribution in [0.25, 0.3) is 0 Å². The zero-order chi connectivity index (χ0) is 15.8. The van der Waals surface area contributed by atoms with Gasteiger partial charge in [-0.2, -0.15) is 0 Å². The lowest BCUT2D eigenvalue weighted by atomic mass is 10.3. The van der Waals surface area contributed by atoms with E-state index < -0.39 is 26.6 Å². The van der Waals surface area contributed by atoms with Crippen molar-refractivity contribution >= 4 is 31.6 Å². The number of sulfonamides is 1. The summed E-state index contributed by atoms with van der Waals surface area (Å²) in [6, 6.07) is 3.72. The molecule has 9 heteroatoms. The van der Waals surface area contributed by atoms with Crippen molar-refractivity contribution in [3.63, 3.8) is 0 Å². The molecular weight excluding hydrogens is 370 g/mol. The van der Waals surface area contributed by atoms with E-state index in [0.717, 1.165) is 16.7 Å². The van der Waals surface area contributed by atoms with Gasteiger partial charge in [-0.05, 0) is 28.1 Å². The molecule has 0 radical (unpaired) electrons. The lowest BCUT2D eigenvalue weighted by molar-refractivity contribution is 0.548. The fourth-order valence-corrected chi connectivity index (χ4v) is 3.86. The van der Waals surface area contributed by atoms with Crippen molar-refractivity contribution in [2.75, 3.05) is 4.72 Å². The maximum absolute atomic E-state index is 13.7. The summed E-state index contributed by atoms with van der Waals surface area (Å²) >= 11 is 2.82. The van der Waals surface area contributed by atoms with E-state index in [0.29, 0.717) is 6.07 Å². The number of benzene rings is 1. The number of hydrogen-bond acceptors (Lipinski definition) is 3. The summed E-state index contributed by atoms with van der Waals surface area (Å²) in [5.74, 6) is -2.13. The van der Waals surface area contributed by atoms with E-state index in [1.54, 1.807) is 0 Å². The van der Waals surface area contributed by atoms with Crippen molar-refractivity contribution in [1.82, 2.24) is 4.57 Å². The lowest BCUT2D eigenvalue weighted by Gasteiger charge is -2.11. The van der Waals surface area contributed by atoms with Crippen molar-refractivity contribution in [3.05, 3.63) is 56.9 Å². The molecule has 0 saturated carbocycles. The highest BCUT2D eigenvalue weighted by molar-refractivity contribution is 9.10. The number of pyridine rings is 1. The van der Waals surface area contributed by atoms with Crippen LogP contribution in [0.1, 0.15) is 0 Å². The average Bonchev–Trinajstić information content (AvgIpc) is 2.31. The molecule has 5 nitrogen and oxygen atoms in total. The molecule has 0 unspecified atom stereocenters. The van der Waals surface area contributed by atoms with Gasteiger partial charge < -0.3 is 4.57 Å². The van der Waals surface area contributed by atoms with Gasteiger partial charge in [-0.3, -0.25) is 9.52 Å². The van der Waals surface area contributed by atoms with Gasteiger partial charge in [0.25, 0.3) is 10.0 Å². The van der Waals surface area contributed by atoms with Crippen molar-refractivity contribution in [3.8, 4) is 0 Å². The first-order chi connectivity index (χ1) is 9.70. The van der Waals surface area contributed by atoms with Crippen LogP contribution in [-0.4, -0.2) is 13.0 Å². The Morgan fingerprint density at radius 1 is 1.24 bits per heavy atom. The highest BCUT2D eigenvalue weighted by atomic mass is 79.9. The van der Waals surface area contributed by atoms with E-state index in [2.05, 4.69) is 20.7 Å². The normalized spacial score (nSPS) is 11.4. The molecule has 0 saturated heterocycles. The predicted molar refractivity (Wildman–Crippen MR) is 76.5 cm³/mol. The van der Waals surface area contributed by atoms with Crippen molar-refractivity contribution in [1.29, 1.82) is 0 Å². The molecule has 0 bridgehead atoms. The standard InChI is InChI=1S/C12H9BrF2N2O3S/c1-17-6-8(2-3-11(17)18)16-21(19,20)12-9(13)4-7(14)5-10(12)15/h2-6,16H,1H3. The third kappa shape index (κ3) is 3.30. The van der Waals surface area contributed by atoms with Gasteiger partial charge in [0, 0.05) is 29.8 Å². The van der Waals surface area contributed by atoms with Crippen LogP contribution >= 0.6 is 15.9 Å².